The highest BCUT2D eigenvalue weighted by atomic mass is 19.3. The van der Waals surface area contributed by atoms with Crippen molar-refractivity contribution in [1.29, 1.82) is 0 Å². The Hall–Kier alpha value is -3.32. The molecule has 2 amide bonds. The topological polar surface area (TPSA) is 60.9 Å². The van der Waals surface area contributed by atoms with Crippen LogP contribution in [0.1, 0.15) is 39.1 Å². The number of halogens is 2. The van der Waals surface area contributed by atoms with E-state index in [1.165, 1.54) is 4.90 Å². The molecule has 0 spiro atoms. The third kappa shape index (κ3) is 3.97. The predicted octanol–water partition coefficient (Wildman–Crippen LogP) is 4.33. The molecule has 0 radical (unpaired) electrons. The SMILES string of the molecule is O=C(c1ccc2c(-c3ccc4c(c3)CN(CCO)C4=O)cccc2c1)N1CCC(F)(F)CC1. The maximum absolute atomic E-state index is 13.5. The van der Waals surface area contributed by atoms with Crippen LogP contribution < -0.4 is 0 Å². The summed E-state index contributed by atoms with van der Waals surface area (Å²) in [5, 5.41) is 11.0. The summed E-state index contributed by atoms with van der Waals surface area (Å²) >= 11 is 0. The number of alkyl halides is 2. The Kier molecular flexibility index (Phi) is 5.37. The number of amides is 2. The van der Waals surface area contributed by atoms with E-state index >= 15 is 0 Å². The van der Waals surface area contributed by atoms with E-state index in [1.54, 1.807) is 11.0 Å². The first kappa shape index (κ1) is 21.5. The fraction of sp³-hybridized carbons (Fsp3) is 0.308. The Morgan fingerprint density at radius 2 is 1.79 bits per heavy atom. The number of hydrogen-bond donors (Lipinski definition) is 1. The Balaban J connectivity index is 1.44. The van der Waals surface area contributed by atoms with Gasteiger partial charge in [-0.05, 0) is 51.7 Å². The minimum Gasteiger partial charge on any atom is -0.395 e. The summed E-state index contributed by atoms with van der Waals surface area (Å²) in [5.41, 5.74) is 4.03. The lowest BCUT2D eigenvalue weighted by molar-refractivity contribution is -0.0494. The largest absolute Gasteiger partial charge is 0.395 e. The quantitative estimate of drug-likeness (QED) is 0.644. The van der Waals surface area contributed by atoms with Crippen molar-refractivity contribution in [2.45, 2.75) is 25.3 Å². The van der Waals surface area contributed by atoms with Crippen LogP contribution >= 0.6 is 0 Å². The highest BCUT2D eigenvalue weighted by Crippen LogP contribution is 2.34. The van der Waals surface area contributed by atoms with Crippen molar-refractivity contribution in [3.63, 3.8) is 0 Å². The van der Waals surface area contributed by atoms with E-state index in [-0.39, 0.29) is 44.4 Å². The van der Waals surface area contributed by atoms with Crippen LogP contribution in [0.5, 0.6) is 0 Å². The summed E-state index contributed by atoms with van der Waals surface area (Å²) in [4.78, 5) is 28.5. The van der Waals surface area contributed by atoms with Gasteiger partial charge in [0.1, 0.15) is 0 Å². The minimum atomic E-state index is -2.69. The first-order chi connectivity index (χ1) is 15.9. The maximum atomic E-state index is 13.5. The number of rotatable bonds is 4. The molecular weight excluding hydrogens is 426 g/mol. The molecule has 170 valence electrons. The number of carbonyl (C=O) groups excluding carboxylic acids is 2. The van der Waals surface area contributed by atoms with Gasteiger partial charge in [0.05, 0.1) is 6.61 Å². The third-order valence-electron chi connectivity index (χ3n) is 6.57. The summed E-state index contributed by atoms with van der Waals surface area (Å²) in [6, 6.07) is 17.1. The van der Waals surface area contributed by atoms with Gasteiger partial charge in [0.15, 0.2) is 0 Å². The third-order valence-corrected chi connectivity index (χ3v) is 6.57. The molecule has 5 nitrogen and oxygen atoms in total. The van der Waals surface area contributed by atoms with Crippen LogP contribution in [0.15, 0.2) is 54.6 Å². The number of nitrogens with zero attached hydrogens (tertiary/aromatic N) is 2. The average Bonchev–Trinajstić information content (AvgIpc) is 3.12. The van der Waals surface area contributed by atoms with Crippen LogP contribution in [-0.4, -0.2) is 58.9 Å². The Bertz CT molecular complexity index is 1250. The van der Waals surface area contributed by atoms with Gasteiger partial charge in [0.25, 0.3) is 17.7 Å². The zero-order chi connectivity index (χ0) is 23.2. The van der Waals surface area contributed by atoms with Crippen molar-refractivity contribution < 1.29 is 23.5 Å². The van der Waals surface area contributed by atoms with Crippen LogP contribution in [0.2, 0.25) is 0 Å². The van der Waals surface area contributed by atoms with Gasteiger partial charge in [-0.1, -0.05) is 30.3 Å². The molecular formula is C26H24F2N2O3. The highest BCUT2D eigenvalue weighted by molar-refractivity contribution is 6.04. The van der Waals surface area contributed by atoms with Gasteiger partial charge in [0, 0.05) is 50.1 Å². The van der Waals surface area contributed by atoms with E-state index in [9.17, 15) is 23.5 Å². The number of likely N-dealkylation sites (tertiary alicyclic amines) is 1. The van der Waals surface area contributed by atoms with Gasteiger partial charge >= 0.3 is 0 Å². The average molecular weight is 450 g/mol. The van der Waals surface area contributed by atoms with Crippen LogP contribution in [0, 0.1) is 0 Å². The number of fused-ring (bicyclic) bond motifs is 2. The first-order valence-electron chi connectivity index (χ1n) is 11.1. The molecule has 0 saturated carbocycles. The lowest BCUT2D eigenvalue weighted by Crippen LogP contribution is -2.42. The van der Waals surface area contributed by atoms with E-state index in [0.717, 1.165) is 27.5 Å². The summed E-state index contributed by atoms with van der Waals surface area (Å²) < 4.78 is 26.9. The molecule has 1 N–H and O–H groups in total. The predicted molar refractivity (Wildman–Crippen MR) is 121 cm³/mol. The Morgan fingerprint density at radius 1 is 1.00 bits per heavy atom. The molecule has 1 fully saturated rings. The normalized spacial score (nSPS) is 17.5. The number of hydrogen-bond acceptors (Lipinski definition) is 3. The molecule has 5 rings (SSSR count). The van der Waals surface area contributed by atoms with E-state index in [2.05, 4.69) is 0 Å². The van der Waals surface area contributed by atoms with Crippen molar-refractivity contribution >= 4 is 22.6 Å². The van der Waals surface area contributed by atoms with Crippen molar-refractivity contribution in [2.75, 3.05) is 26.2 Å². The molecule has 3 aromatic rings. The lowest BCUT2D eigenvalue weighted by atomic mass is 9.94. The first-order valence-corrected chi connectivity index (χ1v) is 11.1. The van der Waals surface area contributed by atoms with Crippen LogP contribution in [0.3, 0.4) is 0 Å². The van der Waals surface area contributed by atoms with Gasteiger partial charge in [-0.2, -0.15) is 0 Å². The number of carbonyl (C=O) groups is 2. The zero-order valence-electron chi connectivity index (χ0n) is 18.1. The lowest BCUT2D eigenvalue weighted by Gasteiger charge is -2.31. The van der Waals surface area contributed by atoms with Gasteiger partial charge in [-0.25, -0.2) is 8.78 Å². The van der Waals surface area contributed by atoms with Gasteiger partial charge in [-0.3, -0.25) is 9.59 Å². The van der Waals surface area contributed by atoms with E-state index in [1.807, 2.05) is 48.5 Å². The summed E-state index contributed by atoms with van der Waals surface area (Å²) in [7, 11) is 0. The van der Waals surface area contributed by atoms with Crippen molar-refractivity contribution in [3.8, 4) is 11.1 Å². The molecule has 2 aliphatic rings. The highest BCUT2D eigenvalue weighted by Gasteiger charge is 2.35. The second kappa shape index (κ2) is 8.23. The molecule has 2 aliphatic heterocycles. The Labute approximate surface area is 190 Å². The number of aliphatic hydroxyl groups is 1. The molecule has 33 heavy (non-hydrogen) atoms. The number of β-amino-alcohol motifs (C(OH)–C–C–N with tert-alkyl or cyclic N) is 1. The maximum Gasteiger partial charge on any atom is 0.254 e. The second-order valence-electron chi connectivity index (χ2n) is 8.71. The molecule has 1 saturated heterocycles. The molecule has 2 heterocycles. The number of piperidine rings is 1. The Morgan fingerprint density at radius 3 is 2.55 bits per heavy atom. The standard InChI is InChI=1S/C26H24F2N2O3/c27-26(28)8-10-29(11-9-26)24(32)19-5-6-22-17(14-19)2-1-3-21(22)18-4-7-23-20(15-18)16-30(12-13-31)25(23)33/h1-7,14-15,31H,8-13,16H2. The van der Waals surface area contributed by atoms with Crippen molar-refractivity contribution in [2.24, 2.45) is 0 Å². The van der Waals surface area contributed by atoms with Crippen LogP contribution in [0.4, 0.5) is 8.78 Å². The van der Waals surface area contributed by atoms with E-state index in [4.69, 9.17) is 0 Å². The van der Waals surface area contributed by atoms with Gasteiger partial charge in [-0.15, -0.1) is 0 Å². The van der Waals surface area contributed by atoms with Crippen LogP contribution in [-0.2, 0) is 6.54 Å². The number of benzene rings is 3. The molecule has 0 unspecified atom stereocenters. The molecule has 0 bridgehead atoms. The summed E-state index contributed by atoms with van der Waals surface area (Å²) in [6.45, 7) is 0.830. The zero-order valence-corrected chi connectivity index (χ0v) is 18.1. The molecule has 7 heteroatoms. The smallest absolute Gasteiger partial charge is 0.254 e. The monoisotopic (exact) mass is 450 g/mol. The fourth-order valence-electron chi connectivity index (χ4n) is 4.74. The van der Waals surface area contributed by atoms with Crippen molar-refractivity contribution in [3.05, 3.63) is 71.3 Å². The van der Waals surface area contributed by atoms with Crippen molar-refractivity contribution in [1.82, 2.24) is 9.80 Å². The minimum absolute atomic E-state index is 0.0606. The summed E-state index contributed by atoms with van der Waals surface area (Å²) in [5.74, 6) is -2.98. The van der Waals surface area contributed by atoms with Crippen LogP contribution in [0.25, 0.3) is 21.9 Å². The molecule has 0 aromatic heterocycles. The van der Waals surface area contributed by atoms with E-state index < -0.39 is 5.92 Å². The fourth-order valence-corrected chi connectivity index (χ4v) is 4.74. The second-order valence-corrected chi connectivity index (χ2v) is 8.71. The molecule has 0 aliphatic carbocycles. The van der Waals surface area contributed by atoms with Gasteiger partial charge in [0.2, 0.25) is 0 Å². The van der Waals surface area contributed by atoms with Gasteiger partial charge < -0.3 is 14.9 Å². The number of aliphatic hydroxyl groups excluding tert-OH is 1. The molecule has 0 atom stereocenters. The van der Waals surface area contributed by atoms with E-state index in [0.29, 0.717) is 24.2 Å². The molecule has 3 aromatic carbocycles. The summed E-state index contributed by atoms with van der Waals surface area (Å²) in [6.07, 6.45) is -0.597.